The molecule has 0 aliphatic heterocycles. The molecule has 0 aliphatic rings. The smallest absolute Gasteiger partial charge is 0.319 e. The molecule has 0 aromatic carbocycles. The van der Waals surface area contributed by atoms with Crippen LogP contribution in [0.5, 0.6) is 0 Å². The van der Waals surface area contributed by atoms with Gasteiger partial charge in [0.25, 0.3) is 5.91 Å². The molecule has 0 atom stereocenters. The molecule has 0 spiro atoms. The molecule has 0 unspecified atom stereocenters. The van der Waals surface area contributed by atoms with Gasteiger partial charge in [0.15, 0.2) is 0 Å². The zero-order chi connectivity index (χ0) is 10.6. The fourth-order valence-electron chi connectivity index (χ4n) is 0.843. The molecule has 0 bridgehead atoms. The number of hydrogen-bond acceptors (Lipinski definition) is 5. The topological polar surface area (TPSA) is 101 Å². The Bertz CT molecular complexity index is 351. The quantitative estimate of drug-likeness (QED) is 0.374. The van der Waals surface area contributed by atoms with Crippen molar-refractivity contribution < 1.29 is 9.72 Å². The van der Waals surface area contributed by atoms with Crippen molar-refractivity contribution in [1.82, 2.24) is 15.5 Å². The van der Waals surface area contributed by atoms with Crippen molar-refractivity contribution in [3.63, 3.8) is 0 Å². The van der Waals surface area contributed by atoms with Gasteiger partial charge in [-0.2, -0.15) is 17.7 Å². The van der Waals surface area contributed by atoms with Crippen LogP contribution in [0.2, 0.25) is 0 Å². The molecule has 0 radical (unpaired) electrons. The molecule has 2 N–H and O–H groups in total. The average molecular weight is 216 g/mol. The van der Waals surface area contributed by atoms with E-state index in [2.05, 4.69) is 28.1 Å². The highest BCUT2D eigenvalue weighted by molar-refractivity contribution is 7.80. The first-order valence-corrected chi connectivity index (χ1v) is 4.37. The number of hydrogen-bond donors (Lipinski definition) is 3. The van der Waals surface area contributed by atoms with Gasteiger partial charge in [-0.3, -0.25) is 20.0 Å². The Labute approximate surface area is 84.4 Å². The molecule has 0 fully saturated rings. The van der Waals surface area contributed by atoms with Gasteiger partial charge in [-0.05, 0) is 0 Å². The molecule has 1 aromatic heterocycles. The summed E-state index contributed by atoms with van der Waals surface area (Å²) in [6.45, 7) is 0.345. The van der Waals surface area contributed by atoms with Crippen LogP contribution < -0.4 is 5.32 Å². The lowest BCUT2D eigenvalue weighted by molar-refractivity contribution is -0.385. The maximum atomic E-state index is 11.3. The standard InChI is InChI=1S/C6H8N4O3S/c11-6(7-1-2-14)5-4(10(12)13)3-8-9-5/h3,14H,1-2H2,(H,7,11)(H,8,9). The number of rotatable bonds is 4. The van der Waals surface area contributed by atoms with Crippen LogP contribution >= 0.6 is 12.6 Å². The number of carbonyl (C=O) groups excluding carboxylic acids is 1. The second-order valence-corrected chi connectivity index (χ2v) is 2.81. The number of aromatic amines is 1. The first kappa shape index (κ1) is 10.5. The van der Waals surface area contributed by atoms with E-state index in [9.17, 15) is 14.9 Å². The third-order valence-corrected chi connectivity index (χ3v) is 1.66. The van der Waals surface area contributed by atoms with Gasteiger partial charge in [-0.25, -0.2) is 0 Å². The van der Waals surface area contributed by atoms with Crippen LogP contribution in [-0.4, -0.2) is 33.3 Å². The van der Waals surface area contributed by atoms with Gasteiger partial charge in [0.1, 0.15) is 6.20 Å². The number of thiol groups is 1. The maximum absolute atomic E-state index is 11.3. The average Bonchev–Trinajstić information content (AvgIpc) is 2.62. The van der Waals surface area contributed by atoms with E-state index in [1.165, 1.54) is 0 Å². The maximum Gasteiger partial charge on any atom is 0.319 e. The van der Waals surface area contributed by atoms with Crippen molar-refractivity contribution in [2.45, 2.75) is 0 Å². The molecule has 14 heavy (non-hydrogen) atoms. The Morgan fingerprint density at radius 1 is 1.79 bits per heavy atom. The SMILES string of the molecule is O=C(NCCS)c1[nH]ncc1[N+](=O)[O-]. The fraction of sp³-hybridized carbons (Fsp3) is 0.333. The predicted octanol–water partition coefficient (Wildman–Crippen LogP) is -0.0225. The summed E-state index contributed by atoms with van der Waals surface area (Å²) in [7, 11) is 0. The van der Waals surface area contributed by atoms with Gasteiger partial charge in [-0.1, -0.05) is 0 Å². The van der Waals surface area contributed by atoms with Crippen LogP contribution in [0.3, 0.4) is 0 Å². The molecular formula is C6H8N4O3S. The van der Waals surface area contributed by atoms with E-state index in [4.69, 9.17) is 0 Å². The summed E-state index contributed by atoms with van der Waals surface area (Å²) < 4.78 is 0. The van der Waals surface area contributed by atoms with Gasteiger partial charge in [-0.15, -0.1) is 0 Å². The minimum atomic E-state index is -0.668. The molecule has 1 heterocycles. The highest BCUT2D eigenvalue weighted by atomic mass is 32.1. The van der Waals surface area contributed by atoms with Gasteiger partial charge in [0.05, 0.1) is 4.92 Å². The Morgan fingerprint density at radius 2 is 2.50 bits per heavy atom. The Balaban J connectivity index is 2.79. The highest BCUT2D eigenvalue weighted by Crippen LogP contribution is 2.13. The molecule has 1 aromatic rings. The second kappa shape index (κ2) is 4.61. The molecule has 76 valence electrons. The summed E-state index contributed by atoms with van der Waals surface area (Å²) in [5.74, 6) is -0.0866. The van der Waals surface area contributed by atoms with E-state index in [0.29, 0.717) is 12.3 Å². The van der Waals surface area contributed by atoms with E-state index in [1.807, 2.05) is 0 Å². The first-order chi connectivity index (χ1) is 6.66. The van der Waals surface area contributed by atoms with Crippen LogP contribution in [0, 0.1) is 10.1 Å². The zero-order valence-corrected chi connectivity index (χ0v) is 7.95. The monoisotopic (exact) mass is 216 g/mol. The van der Waals surface area contributed by atoms with Gasteiger partial charge < -0.3 is 5.32 Å². The van der Waals surface area contributed by atoms with Crippen molar-refractivity contribution in [3.05, 3.63) is 22.0 Å². The number of carbonyl (C=O) groups is 1. The normalized spacial score (nSPS) is 9.79. The third kappa shape index (κ3) is 2.22. The lowest BCUT2D eigenvalue weighted by Crippen LogP contribution is -2.26. The van der Waals surface area contributed by atoms with E-state index in [-0.39, 0.29) is 11.4 Å². The Morgan fingerprint density at radius 3 is 3.07 bits per heavy atom. The van der Waals surface area contributed by atoms with Crippen molar-refractivity contribution in [2.24, 2.45) is 0 Å². The molecule has 1 amide bonds. The summed E-state index contributed by atoms with van der Waals surface area (Å²) >= 11 is 3.88. The van der Waals surface area contributed by atoms with E-state index >= 15 is 0 Å². The van der Waals surface area contributed by atoms with Crippen LogP contribution in [0.25, 0.3) is 0 Å². The lowest BCUT2D eigenvalue weighted by atomic mass is 10.3. The largest absolute Gasteiger partial charge is 0.350 e. The third-order valence-electron chi connectivity index (χ3n) is 1.44. The predicted molar refractivity (Wildman–Crippen MR) is 51.4 cm³/mol. The summed E-state index contributed by atoms with van der Waals surface area (Å²) in [5, 5.41) is 18.5. The first-order valence-electron chi connectivity index (χ1n) is 3.73. The number of amides is 1. The minimum absolute atomic E-state index is 0.142. The van der Waals surface area contributed by atoms with E-state index in [1.54, 1.807) is 0 Å². The summed E-state index contributed by atoms with van der Waals surface area (Å²) in [6.07, 6.45) is 0.996. The Kier molecular flexibility index (Phi) is 3.46. The minimum Gasteiger partial charge on any atom is -0.350 e. The van der Waals surface area contributed by atoms with Gasteiger partial charge in [0.2, 0.25) is 5.69 Å². The molecule has 0 saturated heterocycles. The second-order valence-electron chi connectivity index (χ2n) is 2.37. The van der Waals surface area contributed by atoms with Crippen LogP contribution in [0.4, 0.5) is 5.69 Å². The molecule has 8 heteroatoms. The van der Waals surface area contributed by atoms with Crippen LogP contribution in [0.15, 0.2) is 6.20 Å². The van der Waals surface area contributed by atoms with Gasteiger partial charge >= 0.3 is 5.69 Å². The van der Waals surface area contributed by atoms with Crippen molar-refractivity contribution in [2.75, 3.05) is 12.3 Å². The molecule has 1 rings (SSSR count). The number of nitrogens with one attached hydrogen (secondary N) is 2. The number of aromatic nitrogens is 2. The number of H-pyrrole nitrogens is 1. The molecule has 0 saturated carbocycles. The lowest BCUT2D eigenvalue weighted by Gasteiger charge is -1.99. The van der Waals surface area contributed by atoms with E-state index in [0.717, 1.165) is 6.20 Å². The zero-order valence-electron chi connectivity index (χ0n) is 7.06. The van der Waals surface area contributed by atoms with Crippen molar-refractivity contribution in [3.8, 4) is 0 Å². The van der Waals surface area contributed by atoms with E-state index < -0.39 is 10.8 Å². The highest BCUT2D eigenvalue weighted by Gasteiger charge is 2.21. The summed E-state index contributed by atoms with van der Waals surface area (Å²) in [5.41, 5.74) is -0.474. The number of nitrogens with zero attached hydrogens (tertiary/aromatic N) is 2. The van der Waals surface area contributed by atoms with Crippen molar-refractivity contribution in [1.29, 1.82) is 0 Å². The van der Waals surface area contributed by atoms with Gasteiger partial charge in [0, 0.05) is 12.3 Å². The van der Waals surface area contributed by atoms with Crippen molar-refractivity contribution >= 4 is 24.2 Å². The summed E-state index contributed by atoms with van der Waals surface area (Å²) in [4.78, 5) is 21.0. The van der Waals surface area contributed by atoms with Crippen LogP contribution in [-0.2, 0) is 0 Å². The molecule has 0 aliphatic carbocycles. The molecule has 7 nitrogen and oxygen atoms in total. The molecular weight excluding hydrogens is 208 g/mol. The Hall–Kier alpha value is -1.57. The number of nitro groups is 1. The fourth-order valence-corrected chi connectivity index (χ4v) is 0.955. The summed E-state index contributed by atoms with van der Waals surface area (Å²) in [6, 6.07) is 0. The van der Waals surface area contributed by atoms with Crippen LogP contribution in [0.1, 0.15) is 10.5 Å².